The second-order valence-electron chi connectivity index (χ2n) is 13.2. The molecule has 0 aromatic carbocycles. The molecule has 0 fully saturated rings. The van der Waals surface area contributed by atoms with Crippen molar-refractivity contribution in [1.29, 1.82) is 0 Å². The number of aliphatic carboxylic acids is 1. The molecular formula is C32H61N7O12P2. The average molecular weight is 798 g/mol. The Labute approximate surface area is 315 Å². The Morgan fingerprint density at radius 3 is 1.94 bits per heavy atom. The molecule has 0 saturated carbocycles. The molecule has 8 N–H and O–H groups in total. The van der Waals surface area contributed by atoms with E-state index in [-0.39, 0.29) is 116 Å². The fourth-order valence-corrected chi connectivity index (χ4v) is 6.02. The number of ether oxygens (including phenoxy) is 2. The van der Waals surface area contributed by atoms with E-state index < -0.39 is 37.0 Å². The highest BCUT2D eigenvalue weighted by Crippen LogP contribution is 2.32. The Hall–Kier alpha value is -3.05. The third-order valence-electron chi connectivity index (χ3n) is 7.03. The number of carboxylic acid groups (broad SMARTS) is 2. The lowest BCUT2D eigenvalue weighted by Gasteiger charge is -2.25. The number of hydrogen-bond acceptors (Lipinski definition) is 12. The zero-order valence-electron chi connectivity index (χ0n) is 32.0. The van der Waals surface area contributed by atoms with Crippen LogP contribution in [0.1, 0.15) is 54.4 Å². The van der Waals surface area contributed by atoms with Gasteiger partial charge in [0.1, 0.15) is 25.9 Å². The van der Waals surface area contributed by atoms with Gasteiger partial charge in [0.05, 0.1) is 19.8 Å². The number of carbonyl (C=O) groups is 7. The maximum atomic E-state index is 12.9. The van der Waals surface area contributed by atoms with Gasteiger partial charge in [-0.2, -0.15) is 0 Å². The van der Waals surface area contributed by atoms with Crippen molar-refractivity contribution in [3.05, 3.63) is 0 Å². The van der Waals surface area contributed by atoms with Crippen LogP contribution >= 0.6 is 16.5 Å². The molecule has 3 unspecified atom stereocenters. The van der Waals surface area contributed by atoms with Crippen LogP contribution in [-0.4, -0.2) is 159 Å². The predicted octanol–water partition coefficient (Wildman–Crippen LogP) is 0.519. The zero-order valence-corrected chi connectivity index (χ0v) is 33.9. The van der Waals surface area contributed by atoms with E-state index in [1.165, 1.54) is 4.90 Å². The molecule has 0 aliphatic carbocycles. The van der Waals surface area contributed by atoms with E-state index in [9.17, 15) is 38.7 Å². The third-order valence-corrected chi connectivity index (χ3v) is 9.60. The van der Waals surface area contributed by atoms with E-state index in [2.05, 4.69) is 32.1 Å². The largest absolute Gasteiger partial charge is 0.480 e. The second kappa shape index (κ2) is 28.4. The smallest absolute Gasteiger partial charge is 0.321 e. The van der Waals surface area contributed by atoms with Gasteiger partial charge in [-0.25, -0.2) is 10.3 Å². The van der Waals surface area contributed by atoms with Gasteiger partial charge in [-0.1, -0.05) is 13.8 Å². The first-order chi connectivity index (χ1) is 24.8. The van der Waals surface area contributed by atoms with Crippen LogP contribution in [0, 0.1) is 5.41 Å². The summed E-state index contributed by atoms with van der Waals surface area (Å²) < 4.78 is 11.1. The predicted molar refractivity (Wildman–Crippen MR) is 202 cm³/mol. The van der Waals surface area contributed by atoms with E-state index in [1.54, 1.807) is 48.2 Å². The molecule has 53 heavy (non-hydrogen) atoms. The molecule has 0 heterocycles. The highest BCUT2D eigenvalue weighted by molar-refractivity contribution is 7.74. The molecule has 19 nitrogen and oxygen atoms in total. The topological polar surface area (TPSA) is 263 Å². The Bertz CT molecular complexity index is 1140. The Morgan fingerprint density at radius 2 is 1.40 bits per heavy atom. The summed E-state index contributed by atoms with van der Waals surface area (Å²) in [6.07, 6.45) is 0.765. The minimum absolute atomic E-state index is 0.0308. The molecule has 0 aromatic rings. The lowest BCUT2D eigenvalue weighted by Crippen LogP contribution is -2.48. The van der Waals surface area contributed by atoms with Crippen LogP contribution < -0.4 is 32.1 Å². The van der Waals surface area contributed by atoms with Crippen molar-refractivity contribution < 1.29 is 58.1 Å². The number of nitrogens with one attached hydrogen (secondary N) is 6. The summed E-state index contributed by atoms with van der Waals surface area (Å²) in [5.41, 5.74) is 0.585. The van der Waals surface area contributed by atoms with Crippen LogP contribution in [0.25, 0.3) is 0 Å². The molecule has 306 valence electrons. The van der Waals surface area contributed by atoms with Crippen LogP contribution in [-0.2, 0) is 38.3 Å². The number of nitrogens with zero attached hydrogens (tertiary/aromatic N) is 1. The summed E-state index contributed by atoms with van der Waals surface area (Å²) in [6, 6.07) is -1.26. The quantitative estimate of drug-likeness (QED) is 0.0206. The van der Waals surface area contributed by atoms with Gasteiger partial charge in [0.2, 0.25) is 29.3 Å². The van der Waals surface area contributed by atoms with Crippen molar-refractivity contribution in [2.75, 3.05) is 84.9 Å². The molecule has 0 saturated heterocycles. The standard InChI is InChI=1S/C32H61N7O12P2/c1-22(2)37-25(40)18-39(19-26(41)38-23(3)4)27(42)8-10-33-29(45)32(5,6)9-13-49-15-16-50-14-11-34-30(46)53(7)20-24(28(43)44)35-21-51-36-12-17-52-31(47)48/h22-24,35-36,52H,8-21H2,1-7H3,(H,33,45)(H,34,46)(H,37,40)(H,38,41)(H,43,44)(H,47,48). The number of hydrogen-bond donors (Lipinski definition) is 8. The summed E-state index contributed by atoms with van der Waals surface area (Å²) in [6.45, 7) is 13.2. The van der Waals surface area contributed by atoms with Gasteiger partial charge in [0.25, 0.3) is 0 Å². The summed E-state index contributed by atoms with van der Waals surface area (Å²) >= 11 is 0. The molecule has 5 amide bonds. The maximum Gasteiger partial charge on any atom is 0.321 e. The lowest BCUT2D eigenvalue weighted by molar-refractivity contribution is -0.140. The Kier molecular flexibility index (Phi) is 26.8. The first-order valence-corrected chi connectivity index (χ1v) is 20.6. The van der Waals surface area contributed by atoms with Crippen LogP contribution in [0.15, 0.2) is 0 Å². The molecule has 0 aliphatic rings. The molecule has 0 radical (unpaired) electrons. The van der Waals surface area contributed by atoms with Crippen molar-refractivity contribution >= 4 is 57.5 Å². The van der Waals surface area contributed by atoms with Crippen molar-refractivity contribution in [2.45, 2.75) is 72.5 Å². The second-order valence-corrected chi connectivity index (χ2v) is 16.6. The van der Waals surface area contributed by atoms with Crippen molar-refractivity contribution in [3.8, 4) is 0 Å². The molecule has 0 bridgehead atoms. The third kappa shape index (κ3) is 26.4. The van der Waals surface area contributed by atoms with Gasteiger partial charge >= 0.3 is 11.7 Å². The molecule has 21 heteroatoms. The molecule has 0 spiro atoms. The molecule has 3 atom stereocenters. The number of hydroxylamine groups is 1. The number of rotatable bonds is 31. The average Bonchev–Trinajstić information content (AvgIpc) is 3.04. The van der Waals surface area contributed by atoms with Gasteiger partial charge < -0.3 is 45.9 Å². The number of carboxylic acids is 1. The van der Waals surface area contributed by atoms with Crippen LogP contribution in [0.4, 0.5) is 9.59 Å². The highest BCUT2D eigenvalue weighted by atomic mass is 31.1. The summed E-state index contributed by atoms with van der Waals surface area (Å²) in [5, 5.41) is 31.7. The first kappa shape index (κ1) is 49.9. The van der Waals surface area contributed by atoms with Gasteiger partial charge in [-0.05, 0) is 63.4 Å². The van der Waals surface area contributed by atoms with Crippen molar-refractivity contribution in [2.24, 2.45) is 5.41 Å². The first-order valence-electron chi connectivity index (χ1n) is 17.4. The van der Waals surface area contributed by atoms with E-state index in [4.69, 9.17) is 19.4 Å². The van der Waals surface area contributed by atoms with Crippen LogP contribution in [0.2, 0.25) is 0 Å². The highest BCUT2D eigenvalue weighted by Gasteiger charge is 2.28. The minimum Gasteiger partial charge on any atom is -0.480 e. The van der Waals surface area contributed by atoms with E-state index in [0.717, 1.165) is 0 Å². The molecule has 0 aromatic heterocycles. The SMILES string of the molecule is CC(C)NC(=O)CN(CC(=O)NC(C)C)C(=O)CCNC(=O)C(C)(C)CCOCCOCCNC(=O)P(C)CC(NCONCCPC(=O)O)C(=O)O. The van der Waals surface area contributed by atoms with Crippen LogP contribution in [0.3, 0.4) is 0 Å². The number of amides is 5. The Morgan fingerprint density at radius 1 is 0.811 bits per heavy atom. The summed E-state index contributed by atoms with van der Waals surface area (Å²) in [5.74, 6) is -2.62. The molecular weight excluding hydrogens is 736 g/mol. The summed E-state index contributed by atoms with van der Waals surface area (Å²) in [7, 11) is -1.57. The molecule has 0 rings (SSSR count). The van der Waals surface area contributed by atoms with Crippen molar-refractivity contribution in [3.63, 3.8) is 0 Å². The van der Waals surface area contributed by atoms with Crippen molar-refractivity contribution in [1.82, 2.24) is 37.0 Å². The minimum atomic E-state index is -1.32. The fraction of sp³-hybridized carbons (Fsp3) is 0.781. The normalized spacial score (nSPS) is 12.8. The van der Waals surface area contributed by atoms with E-state index in [0.29, 0.717) is 19.1 Å². The van der Waals surface area contributed by atoms with Crippen LogP contribution in [0.5, 0.6) is 0 Å². The molecule has 0 aliphatic heterocycles. The summed E-state index contributed by atoms with van der Waals surface area (Å²) in [4.78, 5) is 91.0. The van der Waals surface area contributed by atoms with Gasteiger partial charge in [0, 0.05) is 56.3 Å². The maximum absolute atomic E-state index is 12.9. The lowest BCUT2D eigenvalue weighted by atomic mass is 9.88. The van der Waals surface area contributed by atoms with Gasteiger partial charge in [-0.15, -0.1) is 0 Å². The van der Waals surface area contributed by atoms with E-state index in [1.807, 2.05) is 0 Å². The van der Waals surface area contributed by atoms with Gasteiger partial charge in [-0.3, -0.25) is 38.9 Å². The Balaban J connectivity index is 4.34. The fourth-order valence-electron chi connectivity index (χ4n) is 4.20. The number of carbonyl (C=O) groups excluding carboxylic acids is 5. The zero-order chi connectivity index (χ0) is 40.4. The van der Waals surface area contributed by atoms with Gasteiger partial charge in [0.15, 0.2) is 0 Å². The van der Waals surface area contributed by atoms with E-state index >= 15 is 0 Å². The monoisotopic (exact) mass is 797 g/mol.